The van der Waals surface area contributed by atoms with Gasteiger partial charge in [0, 0.05) is 18.5 Å². The van der Waals surface area contributed by atoms with Gasteiger partial charge in [0.1, 0.15) is 23.6 Å². The van der Waals surface area contributed by atoms with Crippen LogP contribution < -0.4 is 14.8 Å². The predicted octanol–water partition coefficient (Wildman–Crippen LogP) is 4.50. The van der Waals surface area contributed by atoms with Crippen molar-refractivity contribution in [3.8, 4) is 17.4 Å². The van der Waals surface area contributed by atoms with Crippen molar-refractivity contribution in [3.05, 3.63) is 49.1 Å². The topological polar surface area (TPSA) is 99.9 Å². The molecule has 0 fully saturated rings. The number of benzene rings is 1. The minimum atomic E-state index is 0.481. The Bertz CT molecular complexity index is 1140. The number of anilines is 2. The van der Waals surface area contributed by atoms with Crippen LogP contribution in [0.5, 0.6) is 17.4 Å². The summed E-state index contributed by atoms with van der Waals surface area (Å²) in [6.45, 7) is 5.11. The van der Waals surface area contributed by atoms with Gasteiger partial charge < -0.3 is 14.8 Å². The first-order valence-electron chi connectivity index (χ1n) is 10.2. The first kappa shape index (κ1) is 20.5. The minimum Gasteiger partial charge on any atom is -0.492 e. The number of ether oxygens (including phenoxy) is 2. The fraction of sp³-hybridized carbons (Fsp3) is 0.318. The average Bonchev–Trinajstić information content (AvgIpc) is 3.17. The van der Waals surface area contributed by atoms with E-state index in [1.165, 1.54) is 11.1 Å². The van der Waals surface area contributed by atoms with E-state index in [-0.39, 0.29) is 0 Å². The molecule has 1 aromatic carbocycles. The molecule has 160 valence electrons. The molecule has 1 N–H and O–H groups in total. The molecule has 4 rings (SSSR count). The van der Waals surface area contributed by atoms with Crippen LogP contribution >= 0.6 is 0 Å². The molecule has 31 heavy (non-hydrogen) atoms. The van der Waals surface area contributed by atoms with Crippen LogP contribution in [0.1, 0.15) is 26.7 Å². The van der Waals surface area contributed by atoms with Crippen molar-refractivity contribution < 1.29 is 9.47 Å². The van der Waals surface area contributed by atoms with Crippen molar-refractivity contribution in [3.63, 3.8) is 0 Å². The highest BCUT2D eigenvalue weighted by Gasteiger charge is 2.09. The Balaban J connectivity index is 1.45. The molecule has 0 spiro atoms. The lowest BCUT2D eigenvalue weighted by atomic mass is 10.1. The van der Waals surface area contributed by atoms with E-state index in [1.54, 1.807) is 25.5 Å². The number of hydrogen-bond acceptors (Lipinski definition) is 8. The normalized spacial score (nSPS) is 11.1. The van der Waals surface area contributed by atoms with Crippen LogP contribution in [0.15, 0.2) is 49.1 Å². The van der Waals surface area contributed by atoms with E-state index in [1.807, 2.05) is 24.3 Å². The molecule has 9 heteroatoms. The second-order valence-electron chi connectivity index (χ2n) is 7.56. The fourth-order valence-corrected chi connectivity index (χ4v) is 3.04. The van der Waals surface area contributed by atoms with Crippen LogP contribution in [0.4, 0.5) is 11.6 Å². The molecule has 0 aliphatic rings. The van der Waals surface area contributed by atoms with Crippen LogP contribution in [0.25, 0.3) is 10.9 Å². The van der Waals surface area contributed by atoms with E-state index < -0.39 is 0 Å². The molecule has 0 aliphatic carbocycles. The van der Waals surface area contributed by atoms with Gasteiger partial charge in [-0.2, -0.15) is 9.90 Å². The van der Waals surface area contributed by atoms with Crippen LogP contribution in [0, 0.1) is 5.92 Å². The number of hydrogen-bond donors (Lipinski definition) is 1. The highest BCUT2D eigenvalue weighted by atomic mass is 16.5. The van der Waals surface area contributed by atoms with Gasteiger partial charge >= 0.3 is 0 Å². The lowest BCUT2D eigenvalue weighted by Gasteiger charge is -2.10. The van der Waals surface area contributed by atoms with Crippen molar-refractivity contribution in [2.75, 3.05) is 11.9 Å². The number of aryl methyl sites for hydroxylation is 1. The van der Waals surface area contributed by atoms with E-state index in [4.69, 9.17) is 9.47 Å². The standard InChI is InChI=1S/C22H25N7O2/c1-15(2)5-4-10-30-17-7-9-21(23-12-17)31-16-6-8-19-18(11-16)22(25-14-24-19)27-20-13-26-29(3)28-20/h6-9,11-15H,4-5,10H2,1-3H3,(H,24,25,27,28). The SMILES string of the molecule is CC(C)CCCOc1ccc(Oc2ccc3ncnc(Nc4cnn(C)n4)c3c2)nc1. The largest absolute Gasteiger partial charge is 0.492 e. The van der Waals surface area contributed by atoms with Crippen molar-refractivity contribution in [1.29, 1.82) is 0 Å². The number of aromatic nitrogens is 6. The summed E-state index contributed by atoms with van der Waals surface area (Å²) in [5.74, 6) is 3.74. The number of pyridine rings is 1. The Hall–Kier alpha value is -3.75. The zero-order valence-corrected chi connectivity index (χ0v) is 17.8. The smallest absolute Gasteiger partial charge is 0.219 e. The zero-order chi connectivity index (χ0) is 21.6. The first-order chi connectivity index (χ1) is 15.1. The molecule has 0 bridgehead atoms. The summed E-state index contributed by atoms with van der Waals surface area (Å²) in [7, 11) is 1.75. The van der Waals surface area contributed by atoms with Gasteiger partial charge in [-0.05, 0) is 43.0 Å². The Labute approximate surface area is 180 Å². The number of fused-ring (bicyclic) bond motifs is 1. The average molecular weight is 419 g/mol. The molecule has 0 amide bonds. The Morgan fingerprint density at radius 1 is 1.03 bits per heavy atom. The van der Waals surface area contributed by atoms with Crippen molar-refractivity contribution >= 4 is 22.5 Å². The van der Waals surface area contributed by atoms with Gasteiger partial charge in [0.25, 0.3) is 0 Å². The molecular weight excluding hydrogens is 394 g/mol. The highest BCUT2D eigenvalue weighted by Crippen LogP contribution is 2.28. The van der Waals surface area contributed by atoms with E-state index in [0.29, 0.717) is 35.8 Å². The lowest BCUT2D eigenvalue weighted by molar-refractivity contribution is 0.296. The van der Waals surface area contributed by atoms with Crippen LogP contribution in [-0.2, 0) is 7.05 Å². The van der Waals surface area contributed by atoms with Crippen LogP contribution in [0.3, 0.4) is 0 Å². The fourth-order valence-electron chi connectivity index (χ4n) is 3.04. The molecule has 0 saturated carbocycles. The second-order valence-corrected chi connectivity index (χ2v) is 7.56. The highest BCUT2D eigenvalue weighted by molar-refractivity contribution is 5.91. The Morgan fingerprint density at radius 2 is 1.90 bits per heavy atom. The summed E-state index contributed by atoms with van der Waals surface area (Å²) >= 11 is 0. The quantitative estimate of drug-likeness (QED) is 0.396. The Morgan fingerprint density at radius 3 is 2.65 bits per heavy atom. The van der Waals surface area contributed by atoms with Crippen molar-refractivity contribution in [2.45, 2.75) is 26.7 Å². The molecule has 0 radical (unpaired) electrons. The molecule has 3 heterocycles. The summed E-state index contributed by atoms with van der Waals surface area (Å²) in [6.07, 6.45) is 6.98. The molecule has 0 unspecified atom stereocenters. The third kappa shape index (κ3) is 5.44. The minimum absolute atomic E-state index is 0.481. The van der Waals surface area contributed by atoms with Crippen molar-refractivity contribution in [2.24, 2.45) is 13.0 Å². The number of rotatable bonds is 9. The lowest BCUT2D eigenvalue weighted by Crippen LogP contribution is -2.00. The van der Waals surface area contributed by atoms with Gasteiger partial charge in [-0.25, -0.2) is 15.0 Å². The predicted molar refractivity (Wildman–Crippen MR) is 118 cm³/mol. The Kier molecular flexibility index (Phi) is 6.21. The van der Waals surface area contributed by atoms with E-state index in [2.05, 4.69) is 44.3 Å². The van der Waals surface area contributed by atoms with E-state index in [0.717, 1.165) is 29.5 Å². The summed E-state index contributed by atoms with van der Waals surface area (Å²) in [5.41, 5.74) is 0.784. The van der Waals surface area contributed by atoms with Gasteiger partial charge in [-0.3, -0.25) is 0 Å². The van der Waals surface area contributed by atoms with Gasteiger partial charge in [0.05, 0.1) is 24.5 Å². The molecule has 4 aromatic rings. The molecule has 0 atom stereocenters. The maximum Gasteiger partial charge on any atom is 0.219 e. The van der Waals surface area contributed by atoms with Crippen LogP contribution in [-0.4, -0.2) is 36.6 Å². The summed E-state index contributed by atoms with van der Waals surface area (Å²) in [4.78, 5) is 14.5. The third-order valence-electron chi connectivity index (χ3n) is 4.58. The summed E-state index contributed by atoms with van der Waals surface area (Å²) < 4.78 is 11.7. The molecular formula is C22H25N7O2. The molecule has 0 saturated heterocycles. The van der Waals surface area contributed by atoms with Crippen LogP contribution in [0.2, 0.25) is 0 Å². The third-order valence-corrected chi connectivity index (χ3v) is 4.58. The number of nitrogens with one attached hydrogen (secondary N) is 1. The summed E-state index contributed by atoms with van der Waals surface area (Å²) in [6, 6.07) is 9.25. The molecule has 0 aliphatic heterocycles. The van der Waals surface area contributed by atoms with Gasteiger partial charge in [-0.15, -0.1) is 5.10 Å². The van der Waals surface area contributed by atoms with E-state index >= 15 is 0 Å². The molecule has 3 aromatic heterocycles. The maximum atomic E-state index is 5.93. The van der Waals surface area contributed by atoms with Crippen molar-refractivity contribution in [1.82, 2.24) is 29.9 Å². The monoisotopic (exact) mass is 419 g/mol. The number of nitrogens with zero attached hydrogens (tertiary/aromatic N) is 6. The maximum absolute atomic E-state index is 5.93. The first-order valence-corrected chi connectivity index (χ1v) is 10.2. The second kappa shape index (κ2) is 9.38. The van der Waals surface area contributed by atoms with Gasteiger partial charge in [0.2, 0.25) is 5.88 Å². The van der Waals surface area contributed by atoms with Gasteiger partial charge in [-0.1, -0.05) is 13.8 Å². The molecule has 9 nitrogen and oxygen atoms in total. The van der Waals surface area contributed by atoms with Gasteiger partial charge in [0.15, 0.2) is 5.82 Å². The summed E-state index contributed by atoms with van der Waals surface area (Å²) in [5, 5.41) is 12.3. The zero-order valence-electron chi connectivity index (χ0n) is 17.8. The van der Waals surface area contributed by atoms with E-state index in [9.17, 15) is 0 Å².